The van der Waals surface area contributed by atoms with Crippen molar-refractivity contribution in [2.45, 2.75) is 12.5 Å². The van der Waals surface area contributed by atoms with E-state index in [1.807, 2.05) is 12.1 Å². The molecule has 0 amide bonds. The Labute approximate surface area is 104 Å². The van der Waals surface area contributed by atoms with Crippen LogP contribution in [0.4, 0.5) is 0 Å². The Morgan fingerprint density at radius 3 is 2.94 bits per heavy atom. The lowest BCUT2D eigenvalue weighted by molar-refractivity contribution is 0.207. The summed E-state index contributed by atoms with van der Waals surface area (Å²) in [5.41, 5.74) is 0. The lowest BCUT2D eigenvalue weighted by Crippen LogP contribution is -2.21. The molecule has 0 spiro atoms. The highest BCUT2D eigenvalue weighted by atomic mass is 79.9. The summed E-state index contributed by atoms with van der Waals surface area (Å²) in [4.78, 5) is 6.41. The molecule has 0 aliphatic carbocycles. The molecule has 1 aliphatic rings. The van der Waals surface area contributed by atoms with Gasteiger partial charge in [0, 0.05) is 25.2 Å². The van der Waals surface area contributed by atoms with Crippen LogP contribution < -0.4 is 9.47 Å². The van der Waals surface area contributed by atoms with Gasteiger partial charge < -0.3 is 14.4 Å². The molecule has 4 nitrogen and oxygen atoms in total. The normalized spacial score (nSPS) is 21.1. The summed E-state index contributed by atoms with van der Waals surface area (Å²) < 4.78 is 11.7. The van der Waals surface area contributed by atoms with E-state index in [1.54, 1.807) is 7.11 Å². The molecule has 1 aromatic heterocycles. The molecule has 88 valence electrons. The molecular formula is C11H15BrN2O2. The zero-order valence-corrected chi connectivity index (χ0v) is 11.0. The largest absolute Gasteiger partial charge is 0.489 e. The van der Waals surface area contributed by atoms with Gasteiger partial charge in [-0.25, -0.2) is 4.98 Å². The van der Waals surface area contributed by atoms with Gasteiger partial charge in [0.1, 0.15) is 16.5 Å². The number of ether oxygens (including phenoxy) is 2. The molecule has 0 aromatic carbocycles. The number of pyridine rings is 1. The smallest absolute Gasteiger partial charge is 0.217 e. The highest BCUT2D eigenvalue weighted by Crippen LogP contribution is 2.24. The number of nitrogens with zero attached hydrogens (tertiary/aromatic N) is 2. The Hall–Kier alpha value is -0.810. The summed E-state index contributed by atoms with van der Waals surface area (Å²) in [6.45, 7) is 2.07. The highest BCUT2D eigenvalue weighted by Gasteiger charge is 2.21. The van der Waals surface area contributed by atoms with Gasteiger partial charge in [-0.3, -0.25) is 0 Å². The van der Waals surface area contributed by atoms with E-state index in [0.717, 1.165) is 29.9 Å². The molecule has 5 heteroatoms. The van der Waals surface area contributed by atoms with Crippen LogP contribution in [0, 0.1) is 0 Å². The van der Waals surface area contributed by atoms with Crippen molar-refractivity contribution in [3.63, 3.8) is 0 Å². The van der Waals surface area contributed by atoms with E-state index in [0.29, 0.717) is 5.88 Å². The molecule has 0 saturated carbocycles. The SMILES string of the molecule is COc1cc(OC2CCN(C)C2)cc(Br)n1. The molecule has 2 heterocycles. The third kappa shape index (κ3) is 2.86. The number of aromatic nitrogens is 1. The Kier molecular flexibility index (Phi) is 3.66. The Bertz CT molecular complexity index is 373. The lowest BCUT2D eigenvalue weighted by Gasteiger charge is -2.14. The molecule has 1 saturated heterocycles. The first kappa shape index (κ1) is 11.7. The number of hydrogen-bond acceptors (Lipinski definition) is 4. The molecular weight excluding hydrogens is 272 g/mol. The third-order valence-corrected chi connectivity index (χ3v) is 3.01. The van der Waals surface area contributed by atoms with E-state index >= 15 is 0 Å². The summed E-state index contributed by atoms with van der Waals surface area (Å²) in [6, 6.07) is 3.67. The van der Waals surface area contributed by atoms with Crippen molar-refractivity contribution in [1.82, 2.24) is 9.88 Å². The van der Waals surface area contributed by atoms with Gasteiger partial charge in [0.05, 0.1) is 7.11 Å². The maximum atomic E-state index is 5.88. The average Bonchev–Trinajstić information content (AvgIpc) is 2.63. The van der Waals surface area contributed by atoms with Crippen LogP contribution in [0.3, 0.4) is 0 Å². The van der Waals surface area contributed by atoms with Crippen molar-refractivity contribution in [1.29, 1.82) is 0 Å². The number of likely N-dealkylation sites (tertiary alicyclic amines) is 1. The minimum absolute atomic E-state index is 0.268. The summed E-state index contributed by atoms with van der Waals surface area (Å²) in [5.74, 6) is 1.37. The number of hydrogen-bond donors (Lipinski definition) is 0. The van der Waals surface area contributed by atoms with E-state index in [1.165, 1.54) is 0 Å². The van der Waals surface area contributed by atoms with Crippen LogP contribution in [0.1, 0.15) is 6.42 Å². The Morgan fingerprint density at radius 2 is 2.31 bits per heavy atom. The van der Waals surface area contributed by atoms with E-state index in [9.17, 15) is 0 Å². The minimum Gasteiger partial charge on any atom is -0.489 e. The molecule has 0 bridgehead atoms. The average molecular weight is 287 g/mol. The van der Waals surface area contributed by atoms with E-state index in [4.69, 9.17) is 9.47 Å². The van der Waals surface area contributed by atoms with Gasteiger partial charge in [0.25, 0.3) is 0 Å². The summed E-state index contributed by atoms with van der Waals surface area (Å²) in [5, 5.41) is 0. The second kappa shape index (κ2) is 5.01. The lowest BCUT2D eigenvalue weighted by atomic mass is 10.3. The van der Waals surface area contributed by atoms with Crippen LogP contribution in [0.2, 0.25) is 0 Å². The fraction of sp³-hybridized carbons (Fsp3) is 0.545. The molecule has 1 aliphatic heterocycles. The molecule has 2 rings (SSSR count). The predicted molar refractivity (Wildman–Crippen MR) is 65.0 cm³/mol. The maximum absolute atomic E-state index is 5.88. The molecule has 16 heavy (non-hydrogen) atoms. The second-order valence-electron chi connectivity index (χ2n) is 3.96. The first-order valence-electron chi connectivity index (χ1n) is 5.24. The monoisotopic (exact) mass is 286 g/mol. The predicted octanol–water partition coefficient (Wildman–Crippen LogP) is 1.94. The molecule has 1 atom stereocenters. The molecule has 1 unspecified atom stereocenters. The van der Waals surface area contributed by atoms with Crippen LogP contribution in [0.5, 0.6) is 11.6 Å². The number of methoxy groups -OCH3 is 1. The topological polar surface area (TPSA) is 34.6 Å². The number of likely N-dealkylation sites (N-methyl/N-ethyl adjacent to an activating group) is 1. The first-order valence-corrected chi connectivity index (χ1v) is 6.03. The van der Waals surface area contributed by atoms with E-state index < -0.39 is 0 Å². The highest BCUT2D eigenvalue weighted by molar-refractivity contribution is 9.10. The van der Waals surface area contributed by atoms with Crippen LogP contribution in [0.25, 0.3) is 0 Å². The summed E-state index contributed by atoms with van der Waals surface area (Å²) >= 11 is 3.33. The van der Waals surface area contributed by atoms with Gasteiger partial charge in [0.15, 0.2) is 0 Å². The Morgan fingerprint density at radius 1 is 1.50 bits per heavy atom. The Balaban J connectivity index is 2.06. The third-order valence-electron chi connectivity index (χ3n) is 2.60. The minimum atomic E-state index is 0.268. The summed E-state index contributed by atoms with van der Waals surface area (Å²) in [6.07, 6.45) is 1.34. The molecule has 1 aromatic rings. The maximum Gasteiger partial charge on any atom is 0.217 e. The van der Waals surface area contributed by atoms with Crippen LogP contribution >= 0.6 is 15.9 Å². The zero-order chi connectivity index (χ0) is 11.5. The van der Waals surface area contributed by atoms with Crippen molar-refractivity contribution in [2.24, 2.45) is 0 Å². The van der Waals surface area contributed by atoms with Crippen molar-refractivity contribution in [3.05, 3.63) is 16.7 Å². The van der Waals surface area contributed by atoms with Crippen LogP contribution in [-0.2, 0) is 0 Å². The standard InChI is InChI=1S/C11H15BrN2O2/c1-14-4-3-8(7-14)16-9-5-10(12)13-11(6-9)15-2/h5-6,8H,3-4,7H2,1-2H3. The molecule has 0 radical (unpaired) electrons. The molecule has 0 N–H and O–H groups in total. The molecule has 1 fully saturated rings. The van der Waals surface area contributed by atoms with Crippen LogP contribution in [0.15, 0.2) is 16.7 Å². The second-order valence-corrected chi connectivity index (χ2v) is 4.77. The van der Waals surface area contributed by atoms with Gasteiger partial charge in [0.2, 0.25) is 5.88 Å². The van der Waals surface area contributed by atoms with Crippen molar-refractivity contribution >= 4 is 15.9 Å². The fourth-order valence-corrected chi connectivity index (χ4v) is 2.21. The van der Waals surface area contributed by atoms with Crippen LogP contribution in [-0.4, -0.2) is 43.2 Å². The van der Waals surface area contributed by atoms with E-state index in [-0.39, 0.29) is 6.10 Å². The first-order chi connectivity index (χ1) is 7.67. The summed E-state index contributed by atoms with van der Waals surface area (Å²) in [7, 11) is 3.70. The number of halogens is 1. The quantitative estimate of drug-likeness (QED) is 0.796. The van der Waals surface area contributed by atoms with Crippen molar-refractivity contribution in [3.8, 4) is 11.6 Å². The van der Waals surface area contributed by atoms with Crippen molar-refractivity contribution < 1.29 is 9.47 Å². The van der Waals surface area contributed by atoms with E-state index in [2.05, 4.69) is 32.9 Å². The van der Waals surface area contributed by atoms with Gasteiger partial charge >= 0.3 is 0 Å². The fourth-order valence-electron chi connectivity index (χ4n) is 1.81. The van der Waals surface area contributed by atoms with Gasteiger partial charge in [-0.05, 0) is 29.4 Å². The zero-order valence-electron chi connectivity index (χ0n) is 9.44. The van der Waals surface area contributed by atoms with Gasteiger partial charge in [-0.2, -0.15) is 0 Å². The number of rotatable bonds is 3. The van der Waals surface area contributed by atoms with Gasteiger partial charge in [-0.1, -0.05) is 0 Å². The van der Waals surface area contributed by atoms with Crippen molar-refractivity contribution in [2.75, 3.05) is 27.2 Å². The van der Waals surface area contributed by atoms with Gasteiger partial charge in [-0.15, -0.1) is 0 Å².